The number of carbonyl (C=O) groups is 1. The van der Waals surface area contributed by atoms with Gasteiger partial charge in [-0.3, -0.25) is 4.79 Å². The van der Waals surface area contributed by atoms with Crippen LogP contribution in [0.3, 0.4) is 0 Å². The van der Waals surface area contributed by atoms with Crippen molar-refractivity contribution in [3.05, 3.63) is 47.4 Å². The highest BCUT2D eigenvalue weighted by Gasteiger charge is 2.51. The quantitative estimate of drug-likeness (QED) is 0.825. The lowest BCUT2D eigenvalue weighted by Gasteiger charge is -2.36. The maximum Gasteiger partial charge on any atom is 0.253 e. The predicted molar refractivity (Wildman–Crippen MR) is 95.9 cm³/mol. The van der Waals surface area contributed by atoms with Crippen molar-refractivity contribution in [3.8, 4) is 0 Å². The second-order valence-electron chi connectivity index (χ2n) is 7.86. The molecule has 144 valence electrons. The number of halogens is 1. The monoisotopic (exact) mass is 373 g/mol. The van der Waals surface area contributed by atoms with Crippen molar-refractivity contribution in [3.63, 3.8) is 0 Å². The van der Waals surface area contributed by atoms with E-state index in [2.05, 4.69) is 10.2 Å². The third kappa shape index (κ3) is 3.36. The van der Waals surface area contributed by atoms with Crippen LogP contribution in [0.15, 0.2) is 28.7 Å². The lowest BCUT2D eigenvalue weighted by Crippen LogP contribution is -2.37. The van der Waals surface area contributed by atoms with Crippen molar-refractivity contribution in [1.82, 2.24) is 15.1 Å². The predicted octanol–water partition coefficient (Wildman–Crippen LogP) is 3.37. The number of likely N-dealkylation sites (tertiary alicyclic amines) is 1. The standard InChI is InChI=1S/C20H24FN3O3/c1-13(2)17-22-23-18(27-17)16-11-24(12-20(16)6-8-26-9-7-20)19(25)14-4-3-5-15(21)10-14/h3-5,10,13,16H,6-9,11-12H2,1-2H3. The summed E-state index contributed by atoms with van der Waals surface area (Å²) in [6.07, 6.45) is 1.67. The van der Waals surface area contributed by atoms with Crippen LogP contribution in [0.25, 0.3) is 0 Å². The van der Waals surface area contributed by atoms with E-state index in [0.717, 1.165) is 12.8 Å². The van der Waals surface area contributed by atoms with Gasteiger partial charge in [0.1, 0.15) is 5.82 Å². The van der Waals surface area contributed by atoms with Gasteiger partial charge in [0.25, 0.3) is 5.91 Å². The van der Waals surface area contributed by atoms with Gasteiger partial charge in [0.2, 0.25) is 11.8 Å². The zero-order valence-electron chi connectivity index (χ0n) is 15.7. The van der Waals surface area contributed by atoms with Crippen molar-refractivity contribution >= 4 is 5.91 Å². The van der Waals surface area contributed by atoms with Gasteiger partial charge in [0.05, 0.1) is 5.92 Å². The number of benzene rings is 1. The Labute approximate surface area is 157 Å². The first-order valence-corrected chi connectivity index (χ1v) is 9.44. The number of rotatable bonds is 3. The topological polar surface area (TPSA) is 68.5 Å². The number of carbonyl (C=O) groups excluding carboxylic acids is 1. The number of aromatic nitrogens is 2. The molecule has 2 fully saturated rings. The van der Waals surface area contributed by atoms with Crippen LogP contribution in [0.1, 0.15) is 60.7 Å². The molecular formula is C20H24FN3O3. The Morgan fingerprint density at radius 1 is 1.30 bits per heavy atom. The van der Waals surface area contributed by atoms with Crippen LogP contribution in [0.5, 0.6) is 0 Å². The summed E-state index contributed by atoms with van der Waals surface area (Å²) in [5.41, 5.74) is 0.230. The summed E-state index contributed by atoms with van der Waals surface area (Å²) in [5.74, 6) is 0.766. The zero-order valence-corrected chi connectivity index (χ0v) is 15.7. The SMILES string of the molecule is CC(C)c1nnc(C2CN(C(=O)c3cccc(F)c3)CC23CCOCC3)o1. The van der Waals surface area contributed by atoms with Crippen molar-refractivity contribution in [2.24, 2.45) is 5.41 Å². The van der Waals surface area contributed by atoms with E-state index >= 15 is 0 Å². The molecule has 1 amide bonds. The van der Waals surface area contributed by atoms with Crippen LogP contribution < -0.4 is 0 Å². The molecule has 1 unspecified atom stereocenters. The normalized spacial score (nSPS) is 21.9. The Bertz CT molecular complexity index is 829. The summed E-state index contributed by atoms with van der Waals surface area (Å²) in [4.78, 5) is 14.8. The molecule has 1 aromatic carbocycles. The highest BCUT2D eigenvalue weighted by molar-refractivity contribution is 5.94. The minimum atomic E-state index is -0.407. The molecule has 0 radical (unpaired) electrons. The molecule has 2 aliphatic rings. The Morgan fingerprint density at radius 2 is 2.07 bits per heavy atom. The minimum Gasteiger partial charge on any atom is -0.425 e. The molecule has 2 aliphatic heterocycles. The molecule has 2 saturated heterocycles. The molecule has 0 N–H and O–H groups in total. The van der Waals surface area contributed by atoms with E-state index in [9.17, 15) is 9.18 Å². The van der Waals surface area contributed by atoms with Crippen LogP contribution in [0.4, 0.5) is 4.39 Å². The number of nitrogens with zero attached hydrogens (tertiary/aromatic N) is 3. The third-order valence-corrected chi connectivity index (χ3v) is 5.74. The molecule has 1 spiro atoms. The Kier molecular flexibility index (Phi) is 4.72. The molecule has 7 heteroatoms. The molecular weight excluding hydrogens is 349 g/mol. The molecule has 4 rings (SSSR count). The first kappa shape index (κ1) is 18.1. The van der Waals surface area contributed by atoms with Crippen LogP contribution in [0, 0.1) is 11.2 Å². The van der Waals surface area contributed by atoms with Gasteiger partial charge in [0.15, 0.2) is 0 Å². The molecule has 0 bridgehead atoms. The highest BCUT2D eigenvalue weighted by atomic mass is 19.1. The first-order chi connectivity index (χ1) is 13.0. The second kappa shape index (κ2) is 7.03. The summed E-state index contributed by atoms with van der Waals surface area (Å²) in [6, 6.07) is 5.84. The van der Waals surface area contributed by atoms with Gasteiger partial charge in [-0.2, -0.15) is 0 Å². The van der Waals surface area contributed by atoms with Crippen LogP contribution in [-0.4, -0.2) is 47.3 Å². The van der Waals surface area contributed by atoms with Gasteiger partial charge < -0.3 is 14.1 Å². The number of amides is 1. The average molecular weight is 373 g/mol. The molecule has 1 aromatic heterocycles. The van der Waals surface area contributed by atoms with Gasteiger partial charge in [-0.05, 0) is 31.0 Å². The van der Waals surface area contributed by atoms with E-state index < -0.39 is 5.82 Å². The summed E-state index contributed by atoms with van der Waals surface area (Å²) < 4.78 is 25.1. The number of ether oxygens (including phenoxy) is 1. The molecule has 0 aliphatic carbocycles. The Balaban J connectivity index is 1.64. The number of hydrogen-bond donors (Lipinski definition) is 0. The first-order valence-electron chi connectivity index (χ1n) is 9.44. The van der Waals surface area contributed by atoms with Crippen molar-refractivity contribution in [2.75, 3.05) is 26.3 Å². The Morgan fingerprint density at radius 3 is 2.74 bits per heavy atom. The summed E-state index contributed by atoms with van der Waals surface area (Å²) in [6.45, 7) is 6.42. The summed E-state index contributed by atoms with van der Waals surface area (Å²) in [7, 11) is 0. The fourth-order valence-corrected chi connectivity index (χ4v) is 4.17. The van der Waals surface area contributed by atoms with E-state index in [-0.39, 0.29) is 23.2 Å². The molecule has 3 heterocycles. The van der Waals surface area contributed by atoms with E-state index in [0.29, 0.717) is 43.6 Å². The lowest BCUT2D eigenvalue weighted by atomic mass is 9.72. The van der Waals surface area contributed by atoms with Gasteiger partial charge in [-0.1, -0.05) is 19.9 Å². The molecule has 6 nitrogen and oxygen atoms in total. The van der Waals surface area contributed by atoms with E-state index in [1.54, 1.807) is 17.0 Å². The third-order valence-electron chi connectivity index (χ3n) is 5.74. The van der Waals surface area contributed by atoms with Gasteiger partial charge in [-0.15, -0.1) is 10.2 Å². The molecule has 1 atom stereocenters. The van der Waals surface area contributed by atoms with Crippen molar-refractivity contribution < 1.29 is 18.3 Å². The van der Waals surface area contributed by atoms with Gasteiger partial charge >= 0.3 is 0 Å². The highest BCUT2D eigenvalue weighted by Crippen LogP contribution is 2.49. The van der Waals surface area contributed by atoms with E-state index in [4.69, 9.17) is 9.15 Å². The fourth-order valence-electron chi connectivity index (χ4n) is 4.17. The number of hydrogen-bond acceptors (Lipinski definition) is 5. The van der Waals surface area contributed by atoms with E-state index in [1.807, 2.05) is 13.8 Å². The van der Waals surface area contributed by atoms with Gasteiger partial charge in [-0.25, -0.2) is 4.39 Å². The average Bonchev–Trinajstić information content (AvgIpc) is 3.27. The molecule has 2 aromatic rings. The minimum absolute atomic E-state index is 0.0288. The maximum absolute atomic E-state index is 13.6. The van der Waals surface area contributed by atoms with Crippen molar-refractivity contribution in [1.29, 1.82) is 0 Å². The van der Waals surface area contributed by atoms with Crippen LogP contribution >= 0.6 is 0 Å². The van der Waals surface area contributed by atoms with Gasteiger partial charge in [0, 0.05) is 43.2 Å². The van der Waals surface area contributed by atoms with Crippen LogP contribution in [0.2, 0.25) is 0 Å². The fraction of sp³-hybridized carbons (Fsp3) is 0.550. The molecule has 0 saturated carbocycles. The lowest BCUT2D eigenvalue weighted by molar-refractivity contribution is 0.00888. The second-order valence-corrected chi connectivity index (χ2v) is 7.86. The zero-order chi connectivity index (χ0) is 19.0. The summed E-state index contributed by atoms with van der Waals surface area (Å²) >= 11 is 0. The molecule has 27 heavy (non-hydrogen) atoms. The van der Waals surface area contributed by atoms with E-state index in [1.165, 1.54) is 12.1 Å². The maximum atomic E-state index is 13.6. The largest absolute Gasteiger partial charge is 0.425 e. The van der Waals surface area contributed by atoms with Crippen molar-refractivity contribution in [2.45, 2.75) is 38.5 Å². The summed E-state index contributed by atoms with van der Waals surface area (Å²) in [5, 5.41) is 8.47. The van der Waals surface area contributed by atoms with Crippen LogP contribution in [-0.2, 0) is 4.74 Å². The Hall–Kier alpha value is -2.28. The smallest absolute Gasteiger partial charge is 0.253 e.